The molecule has 0 radical (unpaired) electrons. The van der Waals surface area contributed by atoms with Crippen LogP contribution in [0, 0.1) is 0 Å². The molecule has 1 aromatic carbocycles. The van der Waals surface area contributed by atoms with E-state index < -0.39 is 0 Å². The van der Waals surface area contributed by atoms with Crippen LogP contribution in [0.2, 0.25) is 0 Å². The highest BCUT2D eigenvalue weighted by molar-refractivity contribution is 5.93. The first-order valence-electron chi connectivity index (χ1n) is 6.63. The van der Waals surface area contributed by atoms with E-state index in [1.54, 1.807) is 38.7 Å². The summed E-state index contributed by atoms with van der Waals surface area (Å²) in [6.45, 7) is 0.511. The van der Waals surface area contributed by atoms with Crippen molar-refractivity contribution in [3.8, 4) is 11.5 Å². The predicted octanol–water partition coefficient (Wildman–Crippen LogP) is 2.07. The molecule has 2 aromatic rings. The fourth-order valence-electron chi connectivity index (χ4n) is 1.99. The molecule has 21 heavy (non-hydrogen) atoms. The Morgan fingerprint density at radius 3 is 2.76 bits per heavy atom. The Balaban J connectivity index is 1.95. The lowest BCUT2D eigenvalue weighted by atomic mass is 10.1. The molecule has 1 amide bonds. The highest BCUT2D eigenvalue weighted by Gasteiger charge is 2.07. The van der Waals surface area contributed by atoms with E-state index in [9.17, 15) is 4.79 Å². The van der Waals surface area contributed by atoms with Crippen LogP contribution in [0.15, 0.2) is 42.7 Å². The fraction of sp³-hybridized carbons (Fsp3) is 0.250. The molecule has 0 aliphatic carbocycles. The number of carbonyl (C=O) groups is 1. The van der Waals surface area contributed by atoms with Crippen LogP contribution in [-0.2, 0) is 6.42 Å². The van der Waals surface area contributed by atoms with Gasteiger partial charge in [0.05, 0.1) is 19.8 Å². The zero-order valence-electron chi connectivity index (χ0n) is 12.1. The van der Waals surface area contributed by atoms with Crippen molar-refractivity contribution in [1.82, 2.24) is 10.3 Å². The van der Waals surface area contributed by atoms with Crippen LogP contribution in [0.5, 0.6) is 11.5 Å². The van der Waals surface area contributed by atoms with Crippen molar-refractivity contribution in [1.29, 1.82) is 0 Å². The van der Waals surface area contributed by atoms with E-state index >= 15 is 0 Å². The van der Waals surface area contributed by atoms with Gasteiger partial charge in [0.15, 0.2) is 0 Å². The number of amides is 1. The van der Waals surface area contributed by atoms with Crippen LogP contribution < -0.4 is 14.8 Å². The second-order valence-corrected chi connectivity index (χ2v) is 4.43. The topological polar surface area (TPSA) is 60.5 Å². The van der Waals surface area contributed by atoms with Gasteiger partial charge in [-0.25, -0.2) is 0 Å². The zero-order chi connectivity index (χ0) is 15.1. The number of nitrogens with one attached hydrogen (secondary N) is 1. The van der Waals surface area contributed by atoms with Crippen molar-refractivity contribution in [3.63, 3.8) is 0 Å². The lowest BCUT2D eigenvalue weighted by Gasteiger charge is -2.11. The van der Waals surface area contributed by atoms with Crippen LogP contribution >= 0.6 is 0 Å². The summed E-state index contributed by atoms with van der Waals surface area (Å²) in [4.78, 5) is 15.8. The standard InChI is InChI=1S/C16H18N2O3/c1-20-14-5-6-15(21-2)12(10-14)7-9-18-16(19)13-4-3-8-17-11-13/h3-6,8,10-11H,7,9H2,1-2H3,(H,18,19). The molecular weight excluding hydrogens is 268 g/mol. The first-order valence-corrected chi connectivity index (χ1v) is 6.63. The quantitative estimate of drug-likeness (QED) is 0.883. The zero-order valence-corrected chi connectivity index (χ0v) is 12.1. The summed E-state index contributed by atoms with van der Waals surface area (Å²) in [6, 6.07) is 9.08. The second kappa shape index (κ2) is 7.28. The molecule has 0 saturated carbocycles. The Bertz CT molecular complexity index is 600. The number of benzene rings is 1. The largest absolute Gasteiger partial charge is 0.497 e. The third kappa shape index (κ3) is 3.95. The first-order chi connectivity index (χ1) is 10.2. The minimum Gasteiger partial charge on any atom is -0.497 e. The number of methoxy groups -OCH3 is 2. The number of hydrogen-bond donors (Lipinski definition) is 1. The third-order valence-corrected chi connectivity index (χ3v) is 3.09. The molecule has 1 N–H and O–H groups in total. The molecular formula is C16H18N2O3. The lowest BCUT2D eigenvalue weighted by Crippen LogP contribution is -2.25. The van der Waals surface area contributed by atoms with Gasteiger partial charge in [0.1, 0.15) is 11.5 Å². The third-order valence-electron chi connectivity index (χ3n) is 3.09. The van der Waals surface area contributed by atoms with Gasteiger partial charge >= 0.3 is 0 Å². The Morgan fingerprint density at radius 1 is 1.24 bits per heavy atom. The van der Waals surface area contributed by atoms with Gasteiger partial charge in [0.2, 0.25) is 0 Å². The summed E-state index contributed by atoms with van der Waals surface area (Å²) < 4.78 is 10.5. The van der Waals surface area contributed by atoms with Gasteiger partial charge in [-0.15, -0.1) is 0 Å². The van der Waals surface area contributed by atoms with E-state index in [2.05, 4.69) is 10.3 Å². The van der Waals surface area contributed by atoms with Crippen LogP contribution in [-0.4, -0.2) is 31.7 Å². The maximum absolute atomic E-state index is 11.9. The second-order valence-electron chi connectivity index (χ2n) is 4.43. The maximum Gasteiger partial charge on any atom is 0.252 e. The van der Waals surface area contributed by atoms with E-state index in [1.807, 2.05) is 18.2 Å². The van der Waals surface area contributed by atoms with E-state index in [1.165, 1.54) is 0 Å². The molecule has 5 heteroatoms. The van der Waals surface area contributed by atoms with Crippen LogP contribution in [0.4, 0.5) is 0 Å². The van der Waals surface area contributed by atoms with Gasteiger partial charge in [-0.1, -0.05) is 0 Å². The van der Waals surface area contributed by atoms with Gasteiger partial charge in [0, 0.05) is 18.9 Å². The monoisotopic (exact) mass is 286 g/mol. The van der Waals surface area contributed by atoms with Crippen molar-refractivity contribution < 1.29 is 14.3 Å². The number of hydrogen-bond acceptors (Lipinski definition) is 4. The Hall–Kier alpha value is -2.56. The van der Waals surface area contributed by atoms with Crippen molar-refractivity contribution in [2.24, 2.45) is 0 Å². The Kier molecular flexibility index (Phi) is 5.15. The normalized spacial score (nSPS) is 10.0. The smallest absolute Gasteiger partial charge is 0.252 e. The molecule has 0 atom stereocenters. The Labute approximate surface area is 123 Å². The molecule has 1 heterocycles. The molecule has 0 bridgehead atoms. The molecule has 5 nitrogen and oxygen atoms in total. The number of rotatable bonds is 6. The average Bonchev–Trinajstić information content (AvgIpc) is 2.55. The van der Waals surface area contributed by atoms with Gasteiger partial charge in [-0.05, 0) is 42.3 Å². The minimum absolute atomic E-state index is 0.134. The molecule has 0 saturated heterocycles. The molecule has 0 unspecified atom stereocenters. The minimum atomic E-state index is -0.134. The fourth-order valence-corrected chi connectivity index (χ4v) is 1.99. The van der Waals surface area contributed by atoms with E-state index in [4.69, 9.17) is 9.47 Å². The van der Waals surface area contributed by atoms with Gasteiger partial charge in [-0.2, -0.15) is 0 Å². The van der Waals surface area contributed by atoms with Gasteiger partial charge in [-0.3, -0.25) is 9.78 Å². The van der Waals surface area contributed by atoms with Crippen molar-refractivity contribution in [3.05, 3.63) is 53.9 Å². The lowest BCUT2D eigenvalue weighted by molar-refractivity contribution is 0.0953. The predicted molar refractivity (Wildman–Crippen MR) is 79.8 cm³/mol. The molecule has 0 spiro atoms. The summed E-state index contributed by atoms with van der Waals surface area (Å²) in [5, 5.41) is 2.86. The average molecular weight is 286 g/mol. The molecule has 2 rings (SSSR count). The summed E-state index contributed by atoms with van der Waals surface area (Å²) in [5.41, 5.74) is 1.54. The van der Waals surface area contributed by atoms with Gasteiger partial charge in [0.25, 0.3) is 5.91 Å². The number of ether oxygens (including phenoxy) is 2. The number of pyridine rings is 1. The van der Waals surface area contributed by atoms with Crippen molar-refractivity contribution in [2.75, 3.05) is 20.8 Å². The van der Waals surface area contributed by atoms with Gasteiger partial charge < -0.3 is 14.8 Å². The molecule has 0 aliphatic heterocycles. The van der Waals surface area contributed by atoms with E-state index in [0.717, 1.165) is 17.1 Å². The van der Waals surface area contributed by atoms with E-state index in [0.29, 0.717) is 18.5 Å². The summed E-state index contributed by atoms with van der Waals surface area (Å²) in [5.74, 6) is 1.42. The molecule has 0 aliphatic rings. The van der Waals surface area contributed by atoms with Crippen LogP contribution in [0.3, 0.4) is 0 Å². The van der Waals surface area contributed by atoms with E-state index in [-0.39, 0.29) is 5.91 Å². The summed E-state index contributed by atoms with van der Waals surface area (Å²) in [7, 11) is 3.25. The molecule has 0 fully saturated rings. The number of carbonyl (C=O) groups excluding carboxylic acids is 1. The summed E-state index contributed by atoms with van der Waals surface area (Å²) >= 11 is 0. The van der Waals surface area contributed by atoms with Crippen molar-refractivity contribution >= 4 is 5.91 Å². The highest BCUT2D eigenvalue weighted by Crippen LogP contribution is 2.24. The first kappa shape index (κ1) is 14.8. The SMILES string of the molecule is COc1ccc(OC)c(CCNC(=O)c2cccnc2)c1. The van der Waals surface area contributed by atoms with Crippen molar-refractivity contribution in [2.45, 2.75) is 6.42 Å². The highest BCUT2D eigenvalue weighted by atomic mass is 16.5. The number of aromatic nitrogens is 1. The Morgan fingerprint density at radius 2 is 2.10 bits per heavy atom. The van der Waals surface area contributed by atoms with Crippen LogP contribution in [0.25, 0.3) is 0 Å². The van der Waals surface area contributed by atoms with Crippen LogP contribution in [0.1, 0.15) is 15.9 Å². The molecule has 110 valence electrons. The molecule has 1 aromatic heterocycles. The summed E-state index contributed by atoms with van der Waals surface area (Å²) in [6.07, 6.45) is 3.84. The maximum atomic E-state index is 11.9. The number of nitrogens with zero attached hydrogens (tertiary/aromatic N) is 1.